The third kappa shape index (κ3) is 5.01. The second-order valence-corrected chi connectivity index (χ2v) is 10.4. The van der Waals surface area contributed by atoms with Gasteiger partial charge in [-0.1, -0.05) is 42.3 Å². The molecule has 198 valence electrons. The summed E-state index contributed by atoms with van der Waals surface area (Å²) < 4.78 is 7.75. The SMILES string of the molecule is CC1(C(N)=O)CCN(c2nc(OCCCO)nc3c2nc(-c2ccccc2Cl)n3-c2ccc(Cl)cc2)CC1. The molecule has 0 atom stereocenters. The van der Waals surface area contributed by atoms with Crippen LogP contribution in [-0.2, 0) is 4.79 Å². The van der Waals surface area contributed by atoms with Crippen molar-refractivity contribution in [2.24, 2.45) is 11.1 Å². The maximum Gasteiger partial charge on any atom is 0.320 e. The Morgan fingerprint density at radius 2 is 1.79 bits per heavy atom. The predicted molar refractivity (Wildman–Crippen MR) is 148 cm³/mol. The lowest BCUT2D eigenvalue weighted by molar-refractivity contribution is -0.127. The van der Waals surface area contributed by atoms with Crippen molar-refractivity contribution in [1.82, 2.24) is 19.5 Å². The second kappa shape index (κ2) is 10.8. The average Bonchev–Trinajstić information content (AvgIpc) is 3.29. The molecule has 3 heterocycles. The number of halogens is 2. The van der Waals surface area contributed by atoms with E-state index >= 15 is 0 Å². The molecule has 4 aromatic rings. The van der Waals surface area contributed by atoms with Crippen LogP contribution in [0.1, 0.15) is 26.2 Å². The van der Waals surface area contributed by atoms with Crippen LogP contribution in [0.4, 0.5) is 5.82 Å². The molecule has 0 bridgehead atoms. The van der Waals surface area contributed by atoms with Crippen LogP contribution in [-0.4, -0.2) is 56.8 Å². The van der Waals surface area contributed by atoms with E-state index in [0.29, 0.717) is 65.2 Å². The molecule has 1 aliphatic heterocycles. The molecular weight excluding hydrogens is 527 g/mol. The van der Waals surface area contributed by atoms with Crippen LogP contribution in [0, 0.1) is 5.41 Å². The predicted octanol–water partition coefficient (Wildman–Crippen LogP) is 4.64. The minimum Gasteiger partial charge on any atom is -0.463 e. The van der Waals surface area contributed by atoms with Gasteiger partial charge in [-0.2, -0.15) is 9.97 Å². The highest BCUT2D eigenvalue weighted by Crippen LogP contribution is 2.38. The number of carbonyl (C=O) groups is 1. The number of carbonyl (C=O) groups excluding carboxylic acids is 1. The van der Waals surface area contributed by atoms with Crippen LogP contribution >= 0.6 is 23.2 Å². The number of imidazole rings is 1. The number of fused-ring (bicyclic) bond motifs is 1. The first-order chi connectivity index (χ1) is 18.3. The summed E-state index contributed by atoms with van der Waals surface area (Å²) in [5.74, 6) is 0.891. The van der Waals surface area contributed by atoms with Crippen molar-refractivity contribution in [3.63, 3.8) is 0 Å². The number of hydrogen-bond acceptors (Lipinski definition) is 7. The number of piperidine rings is 1. The smallest absolute Gasteiger partial charge is 0.320 e. The van der Waals surface area contributed by atoms with Crippen molar-refractivity contribution in [2.75, 3.05) is 31.2 Å². The third-order valence-electron chi connectivity index (χ3n) is 6.96. The molecule has 11 heteroatoms. The van der Waals surface area contributed by atoms with Crippen LogP contribution in [0.5, 0.6) is 6.01 Å². The summed E-state index contributed by atoms with van der Waals surface area (Å²) in [5, 5.41) is 10.4. The molecule has 9 nitrogen and oxygen atoms in total. The second-order valence-electron chi connectivity index (χ2n) is 9.57. The highest BCUT2D eigenvalue weighted by molar-refractivity contribution is 6.33. The van der Waals surface area contributed by atoms with Gasteiger partial charge in [0.05, 0.1) is 11.6 Å². The lowest BCUT2D eigenvalue weighted by Gasteiger charge is -2.37. The van der Waals surface area contributed by atoms with Gasteiger partial charge in [0, 0.05) is 47.8 Å². The Kier molecular flexibility index (Phi) is 7.43. The van der Waals surface area contributed by atoms with Crippen molar-refractivity contribution in [3.8, 4) is 23.1 Å². The van der Waals surface area contributed by atoms with Gasteiger partial charge < -0.3 is 20.5 Å². The van der Waals surface area contributed by atoms with E-state index in [1.807, 2.05) is 47.9 Å². The molecule has 2 aromatic heterocycles. The number of rotatable bonds is 8. The van der Waals surface area contributed by atoms with E-state index in [0.717, 1.165) is 11.3 Å². The fourth-order valence-corrected chi connectivity index (χ4v) is 4.90. The van der Waals surface area contributed by atoms with E-state index in [4.69, 9.17) is 48.6 Å². The zero-order valence-electron chi connectivity index (χ0n) is 20.9. The van der Waals surface area contributed by atoms with Gasteiger partial charge in [0.2, 0.25) is 5.91 Å². The number of ether oxygens (including phenoxy) is 1. The lowest BCUT2D eigenvalue weighted by Crippen LogP contribution is -2.45. The van der Waals surface area contributed by atoms with Gasteiger partial charge in [-0.3, -0.25) is 9.36 Å². The first kappa shape index (κ1) is 26.2. The lowest BCUT2D eigenvalue weighted by atomic mass is 9.80. The number of benzene rings is 2. The van der Waals surface area contributed by atoms with Crippen molar-refractivity contribution < 1.29 is 14.6 Å². The standard InChI is InChI=1S/C27H28Cl2N6O3/c1-27(25(30)37)11-13-34(14-12-27)23-21-24(33-26(32-23)38-16-4-15-36)35(18-9-7-17(28)8-10-18)22(31-21)19-5-2-3-6-20(19)29/h2-3,5-10,36H,4,11-16H2,1H3,(H2,30,37). The number of nitrogens with two attached hydrogens (primary N) is 1. The molecule has 2 aromatic carbocycles. The first-order valence-electron chi connectivity index (χ1n) is 12.4. The number of aromatic nitrogens is 4. The fraction of sp³-hybridized carbons (Fsp3) is 0.333. The quantitative estimate of drug-likeness (QED) is 0.304. The van der Waals surface area contributed by atoms with Gasteiger partial charge in [-0.25, -0.2) is 4.98 Å². The molecule has 0 radical (unpaired) electrons. The van der Waals surface area contributed by atoms with Crippen molar-refractivity contribution in [2.45, 2.75) is 26.2 Å². The van der Waals surface area contributed by atoms with Gasteiger partial charge >= 0.3 is 6.01 Å². The van der Waals surface area contributed by atoms with E-state index in [9.17, 15) is 9.90 Å². The van der Waals surface area contributed by atoms with Gasteiger partial charge in [-0.05, 0) is 49.2 Å². The van der Waals surface area contributed by atoms with Crippen LogP contribution in [0.3, 0.4) is 0 Å². The Labute approximate surface area is 230 Å². The third-order valence-corrected chi connectivity index (χ3v) is 7.54. The maximum atomic E-state index is 12.1. The fourth-order valence-electron chi connectivity index (χ4n) is 4.55. The van der Waals surface area contributed by atoms with Crippen molar-refractivity contribution >= 4 is 46.1 Å². The number of aliphatic hydroxyl groups excluding tert-OH is 1. The first-order valence-corrected chi connectivity index (χ1v) is 13.2. The van der Waals surface area contributed by atoms with Crippen LogP contribution in [0.2, 0.25) is 10.0 Å². The molecule has 0 saturated carbocycles. The number of hydrogen-bond donors (Lipinski definition) is 2. The summed E-state index contributed by atoms with van der Waals surface area (Å²) in [5.41, 5.74) is 7.74. The molecule has 38 heavy (non-hydrogen) atoms. The number of anilines is 1. The summed E-state index contributed by atoms with van der Waals surface area (Å²) in [7, 11) is 0. The average molecular weight is 555 g/mol. The molecule has 0 spiro atoms. The zero-order chi connectivity index (χ0) is 26.9. The monoisotopic (exact) mass is 554 g/mol. The summed E-state index contributed by atoms with van der Waals surface area (Å²) in [6.45, 7) is 3.28. The molecule has 0 aliphatic carbocycles. The topological polar surface area (TPSA) is 119 Å². The van der Waals surface area contributed by atoms with Crippen molar-refractivity contribution in [1.29, 1.82) is 0 Å². The minimum atomic E-state index is -0.575. The molecule has 1 saturated heterocycles. The summed E-state index contributed by atoms with van der Waals surface area (Å²) in [6.07, 6.45) is 1.62. The Bertz CT molecular complexity index is 1470. The van der Waals surface area contributed by atoms with Gasteiger partial charge in [0.15, 0.2) is 17.0 Å². The van der Waals surface area contributed by atoms with Crippen LogP contribution in [0.15, 0.2) is 48.5 Å². The number of nitrogens with zero attached hydrogens (tertiary/aromatic N) is 5. The number of amides is 1. The molecule has 1 fully saturated rings. The van der Waals surface area contributed by atoms with E-state index in [2.05, 4.69) is 4.90 Å². The van der Waals surface area contributed by atoms with E-state index in [-0.39, 0.29) is 25.1 Å². The van der Waals surface area contributed by atoms with Gasteiger partial charge in [0.25, 0.3) is 0 Å². The summed E-state index contributed by atoms with van der Waals surface area (Å²) in [6, 6.07) is 15.0. The van der Waals surface area contributed by atoms with Crippen LogP contribution < -0.4 is 15.4 Å². The van der Waals surface area contributed by atoms with E-state index < -0.39 is 5.41 Å². The number of primary amides is 1. The highest BCUT2D eigenvalue weighted by atomic mass is 35.5. The summed E-state index contributed by atoms with van der Waals surface area (Å²) in [4.78, 5) is 28.6. The maximum absolute atomic E-state index is 12.1. The normalized spacial score (nSPS) is 15.1. The molecule has 0 unspecified atom stereocenters. The van der Waals surface area contributed by atoms with E-state index in [1.165, 1.54) is 0 Å². The zero-order valence-corrected chi connectivity index (χ0v) is 22.4. The Hall–Kier alpha value is -3.40. The highest BCUT2D eigenvalue weighted by Gasteiger charge is 2.37. The molecule has 1 aliphatic rings. The summed E-state index contributed by atoms with van der Waals surface area (Å²) >= 11 is 12.8. The number of aliphatic hydroxyl groups is 1. The molecule has 5 rings (SSSR count). The Morgan fingerprint density at radius 1 is 1.08 bits per heavy atom. The van der Waals surface area contributed by atoms with Crippen LogP contribution in [0.25, 0.3) is 28.2 Å². The minimum absolute atomic E-state index is 0.00765. The largest absolute Gasteiger partial charge is 0.463 e. The molecule has 3 N–H and O–H groups in total. The van der Waals surface area contributed by atoms with Gasteiger partial charge in [0.1, 0.15) is 5.82 Å². The molecule has 1 amide bonds. The van der Waals surface area contributed by atoms with Gasteiger partial charge in [-0.15, -0.1) is 0 Å². The Morgan fingerprint density at radius 3 is 2.45 bits per heavy atom. The molecular formula is C27H28Cl2N6O3. The van der Waals surface area contributed by atoms with E-state index in [1.54, 1.807) is 12.1 Å². The van der Waals surface area contributed by atoms with Crippen molar-refractivity contribution in [3.05, 3.63) is 58.6 Å². The Balaban J connectivity index is 1.72.